The van der Waals surface area contributed by atoms with Crippen molar-refractivity contribution in [3.05, 3.63) is 34.6 Å². The first-order valence-electron chi connectivity index (χ1n) is 9.66. The molecule has 2 aliphatic heterocycles. The maximum Gasteiger partial charge on any atom is 0.234 e. The highest BCUT2D eigenvalue weighted by molar-refractivity contribution is 7.16. The van der Waals surface area contributed by atoms with Gasteiger partial charge in [0.25, 0.3) is 0 Å². The summed E-state index contributed by atoms with van der Waals surface area (Å²) in [5.41, 5.74) is 1.17. The summed E-state index contributed by atoms with van der Waals surface area (Å²) in [6.45, 7) is 4.33. The van der Waals surface area contributed by atoms with Gasteiger partial charge in [-0.05, 0) is 43.6 Å². The summed E-state index contributed by atoms with van der Waals surface area (Å²) < 4.78 is 13.2. The molecule has 0 bridgehead atoms. The molecular weight excluding hydrogens is 362 g/mol. The first kappa shape index (κ1) is 16.9. The monoisotopic (exact) mass is 385 g/mol. The van der Waals surface area contributed by atoms with Gasteiger partial charge < -0.3 is 9.47 Å². The molecule has 0 radical (unpaired) electrons. The van der Waals surface area contributed by atoms with Crippen molar-refractivity contribution in [1.29, 1.82) is 0 Å². The number of likely N-dealkylation sites (tertiary alicyclic amines) is 1. The fraction of sp³-hybridized carbons (Fsp3) is 0.526. The van der Waals surface area contributed by atoms with Crippen LogP contribution >= 0.6 is 11.3 Å². The van der Waals surface area contributed by atoms with Gasteiger partial charge >= 0.3 is 0 Å². The van der Waals surface area contributed by atoms with Crippen LogP contribution in [0.2, 0.25) is 0 Å². The molecule has 8 heteroatoms. The Balaban J connectivity index is 1.33. The molecule has 1 fully saturated rings. The molecule has 0 amide bonds. The van der Waals surface area contributed by atoms with Crippen molar-refractivity contribution in [2.75, 3.05) is 26.3 Å². The fourth-order valence-corrected chi connectivity index (χ4v) is 4.62. The minimum Gasteiger partial charge on any atom is -0.486 e. The van der Waals surface area contributed by atoms with Crippen molar-refractivity contribution in [1.82, 2.24) is 24.7 Å². The van der Waals surface area contributed by atoms with Gasteiger partial charge in [0.15, 0.2) is 17.3 Å². The highest BCUT2D eigenvalue weighted by atomic mass is 32.1. The lowest BCUT2D eigenvalue weighted by atomic mass is 10.1. The second-order valence-corrected chi connectivity index (χ2v) is 8.19. The Labute approximate surface area is 161 Å². The Morgan fingerprint density at radius 2 is 1.78 bits per heavy atom. The molecular formula is C19H23N5O2S. The van der Waals surface area contributed by atoms with E-state index in [0.29, 0.717) is 13.2 Å². The van der Waals surface area contributed by atoms with Crippen LogP contribution in [0.25, 0.3) is 4.96 Å². The third-order valence-corrected chi connectivity index (χ3v) is 6.02. The van der Waals surface area contributed by atoms with E-state index >= 15 is 0 Å². The minimum atomic E-state index is 0.604. The van der Waals surface area contributed by atoms with E-state index < -0.39 is 0 Å². The van der Waals surface area contributed by atoms with Crippen LogP contribution in [0, 0.1) is 0 Å². The summed E-state index contributed by atoms with van der Waals surface area (Å²) in [7, 11) is 0. The number of fused-ring (bicyclic) bond motifs is 2. The van der Waals surface area contributed by atoms with Crippen molar-refractivity contribution < 1.29 is 9.47 Å². The molecule has 1 aromatic carbocycles. The van der Waals surface area contributed by atoms with Gasteiger partial charge in [-0.1, -0.05) is 30.2 Å². The first-order chi connectivity index (χ1) is 13.3. The Kier molecular flexibility index (Phi) is 4.67. The predicted molar refractivity (Wildman–Crippen MR) is 103 cm³/mol. The van der Waals surface area contributed by atoms with Crippen LogP contribution in [0.1, 0.15) is 42.1 Å². The minimum absolute atomic E-state index is 0.604. The average molecular weight is 385 g/mol. The summed E-state index contributed by atoms with van der Waals surface area (Å²) >= 11 is 1.60. The molecule has 0 saturated carbocycles. The van der Waals surface area contributed by atoms with E-state index in [0.717, 1.165) is 53.3 Å². The molecule has 0 N–H and O–H groups in total. The normalized spacial score (nSPS) is 17.9. The van der Waals surface area contributed by atoms with E-state index in [1.165, 1.54) is 31.2 Å². The molecule has 0 spiro atoms. The molecule has 0 unspecified atom stereocenters. The molecule has 0 atom stereocenters. The third-order valence-electron chi connectivity index (χ3n) is 5.12. The Bertz CT molecular complexity index is 929. The molecule has 142 valence electrons. The standard InChI is InChI=1S/C19H23N5O2S/c1-2-4-8-23(7-3-1)13-17-20-21-19-24(17)22-18(27-19)12-14-5-6-15-16(11-14)26-10-9-25-15/h5-6,11H,1-4,7-10,12-13H2. The van der Waals surface area contributed by atoms with Crippen LogP contribution in [0.15, 0.2) is 18.2 Å². The van der Waals surface area contributed by atoms with Crippen molar-refractivity contribution in [3.63, 3.8) is 0 Å². The zero-order chi connectivity index (χ0) is 18.1. The topological polar surface area (TPSA) is 64.8 Å². The molecule has 27 heavy (non-hydrogen) atoms. The number of aromatic nitrogens is 4. The second kappa shape index (κ2) is 7.44. The van der Waals surface area contributed by atoms with E-state index in [-0.39, 0.29) is 0 Å². The third kappa shape index (κ3) is 3.64. The zero-order valence-corrected chi connectivity index (χ0v) is 16.1. The SMILES string of the molecule is c1cc2c(cc1Cc1nn3c(CN4CCCCCC4)nnc3s1)OCCO2. The lowest BCUT2D eigenvalue weighted by Crippen LogP contribution is -2.25. The molecule has 7 nitrogen and oxygen atoms in total. The summed E-state index contributed by atoms with van der Waals surface area (Å²) in [5, 5.41) is 14.5. The van der Waals surface area contributed by atoms with Crippen LogP contribution in [0.5, 0.6) is 11.5 Å². The number of hydrogen-bond donors (Lipinski definition) is 0. The summed E-state index contributed by atoms with van der Waals surface area (Å²) in [6, 6.07) is 6.11. The number of hydrogen-bond acceptors (Lipinski definition) is 7. The van der Waals surface area contributed by atoms with Gasteiger partial charge in [0.05, 0.1) is 6.54 Å². The lowest BCUT2D eigenvalue weighted by molar-refractivity contribution is 0.171. The predicted octanol–water partition coefficient (Wildman–Crippen LogP) is 2.92. The maximum atomic E-state index is 5.68. The van der Waals surface area contributed by atoms with E-state index in [4.69, 9.17) is 14.6 Å². The van der Waals surface area contributed by atoms with Gasteiger partial charge in [-0.25, -0.2) is 0 Å². The summed E-state index contributed by atoms with van der Waals surface area (Å²) in [5.74, 6) is 2.59. The highest BCUT2D eigenvalue weighted by Crippen LogP contribution is 2.31. The average Bonchev–Trinajstić information content (AvgIpc) is 3.13. The first-order valence-corrected chi connectivity index (χ1v) is 10.5. The van der Waals surface area contributed by atoms with Crippen LogP contribution in [-0.4, -0.2) is 51.0 Å². The lowest BCUT2D eigenvalue weighted by Gasteiger charge is -2.18. The van der Waals surface area contributed by atoms with Gasteiger partial charge in [-0.3, -0.25) is 4.90 Å². The smallest absolute Gasteiger partial charge is 0.234 e. The van der Waals surface area contributed by atoms with Crippen molar-refractivity contribution >= 4 is 16.3 Å². The van der Waals surface area contributed by atoms with Crippen LogP contribution < -0.4 is 9.47 Å². The van der Waals surface area contributed by atoms with Gasteiger partial charge in [0, 0.05) is 6.42 Å². The number of ether oxygens (including phenoxy) is 2. The zero-order valence-electron chi connectivity index (χ0n) is 15.3. The summed E-state index contributed by atoms with van der Waals surface area (Å²) in [4.78, 5) is 3.34. The summed E-state index contributed by atoms with van der Waals surface area (Å²) in [6.07, 6.45) is 5.97. The van der Waals surface area contributed by atoms with Gasteiger partial charge in [0.2, 0.25) is 4.96 Å². The van der Waals surface area contributed by atoms with E-state index in [9.17, 15) is 0 Å². The Morgan fingerprint density at radius 1 is 0.963 bits per heavy atom. The molecule has 2 aromatic heterocycles. The van der Waals surface area contributed by atoms with E-state index in [1.54, 1.807) is 11.3 Å². The Morgan fingerprint density at radius 3 is 2.63 bits per heavy atom. The Hall–Kier alpha value is -2.19. The van der Waals surface area contributed by atoms with Crippen LogP contribution in [-0.2, 0) is 13.0 Å². The molecule has 5 rings (SSSR count). The van der Waals surface area contributed by atoms with Crippen molar-refractivity contribution in [2.45, 2.75) is 38.6 Å². The quantitative estimate of drug-likeness (QED) is 0.688. The van der Waals surface area contributed by atoms with Crippen molar-refractivity contribution in [2.24, 2.45) is 0 Å². The highest BCUT2D eigenvalue weighted by Gasteiger charge is 2.17. The van der Waals surface area contributed by atoms with Crippen molar-refractivity contribution in [3.8, 4) is 11.5 Å². The molecule has 0 aliphatic carbocycles. The van der Waals surface area contributed by atoms with E-state index in [2.05, 4.69) is 27.2 Å². The molecule has 2 aliphatic rings. The number of nitrogens with zero attached hydrogens (tertiary/aromatic N) is 5. The number of rotatable bonds is 4. The molecule has 3 aromatic rings. The van der Waals surface area contributed by atoms with Crippen LogP contribution in [0.4, 0.5) is 0 Å². The largest absolute Gasteiger partial charge is 0.486 e. The fourth-order valence-electron chi connectivity index (χ4n) is 3.73. The second-order valence-electron chi connectivity index (χ2n) is 7.15. The van der Waals surface area contributed by atoms with E-state index in [1.807, 2.05) is 10.6 Å². The number of benzene rings is 1. The van der Waals surface area contributed by atoms with Gasteiger partial charge in [-0.2, -0.15) is 9.61 Å². The maximum absolute atomic E-state index is 5.68. The molecule has 1 saturated heterocycles. The van der Waals surface area contributed by atoms with Gasteiger partial charge in [-0.15, -0.1) is 10.2 Å². The van der Waals surface area contributed by atoms with Crippen LogP contribution in [0.3, 0.4) is 0 Å². The molecule has 4 heterocycles. The van der Waals surface area contributed by atoms with Gasteiger partial charge in [0.1, 0.15) is 18.2 Å².